The van der Waals surface area contributed by atoms with Crippen molar-refractivity contribution in [1.29, 1.82) is 0 Å². The van der Waals surface area contributed by atoms with Crippen molar-refractivity contribution >= 4 is 5.97 Å². The summed E-state index contributed by atoms with van der Waals surface area (Å²) in [6, 6.07) is 0. The number of aliphatic hydroxyl groups is 1. The van der Waals surface area contributed by atoms with E-state index in [0.717, 1.165) is 12.3 Å². The maximum absolute atomic E-state index is 10.4. The van der Waals surface area contributed by atoms with Gasteiger partial charge in [-0.1, -0.05) is 6.42 Å². The van der Waals surface area contributed by atoms with Crippen molar-refractivity contribution < 1.29 is 15.0 Å². The molecule has 4 atom stereocenters. The van der Waals surface area contributed by atoms with Crippen molar-refractivity contribution in [3.8, 4) is 0 Å². The van der Waals surface area contributed by atoms with E-state index in [1.807, 2.05) is 0 Å². The highest BCUT2D eigenvalue weighted by molar-refractivity contribution is 5.67. The van der Waals surface area contributed by atoms with Gasteiger partial charge in [-0.15, -0.1) is 0 Å². The first-order chi connectivity index (χ1) is 6.16. The summed E-state index contributed by atoms with van der Waals surface area (Å²) in [5.74, 6) is 0.780. The Balaban J connectivity index is 1.91. The number of hydrogen-bond acceptors (Lipinski definition) is 2. The quantitative estimate of drug-likeness (QED) is 0.694. The van der Waals surface area contributed by atoms with Crippen LogP contribution in [0.2, 0.25) is 0 Å². The highest BCUT2D eigenvalue weighted by Gasteiger charge is 2.42. The molecule has 2 N–H and O–H groups in total. The average molecular weight is 184 g/mol. The second-order valence-electron chi connectivity index (χ2n) is 4.50. The molecule has 0 aromatic rings. The molecule has 2 bridgehead atoms. The average Bonchev–Trinajstić information content (AvgIpc) is 2.62. The van der Waals surface area contributed by atoms with Crippen LogP contribution in [0.4, 0.5) is 0 Å². The molecule has 2 aliphatic carbocycles. The van der Waals surface area contributed by atoms with Crippen LogP contribution in [-0.4, -0.2) is 22.3 Å². The number of aliphatic hydroxyl groups excluding tert-OH is 1. The largest absolute Gasteiger partial charge is 0.481 e. The lowest BCUT2D eigenvalue weighted by molar-refractivity contribution is -0.140. The van der Waals surface area contributed by atoms with Crippen molar-refractivity contribution in [1.82, 2.24) is 0 Å². The van der Waals surface area contributed by atoms with Gasteiger partial charge < -0.3 is 10.2 Å². The molecule has 3 heteroatoms. The third-order valence-electron chi connectivity index (χ3n) is 3.67. The van der Waals surface area contributed by atoms with Crippen molar-refractivity contribution in [3.63, 3.8) is 0 Å². The first-order valence-corrected chi connectivity index (χ1v) is 5.06. The summed E-state index contributed by atoms with van der Waals surface area (Å²) in [6.45, 7) is 0. The molecule has 3 nitrogen and oxygen atoms in total. The van der Waals surface area contributed by atoms with E-state index < -0.39 is 12.1 Å². The number of carbonyl (C=O) groups is 1. The van der Waals surface area contributed by atoms with Gasteiger partial charge in [0.15, 0.2) is 0 Å². The SMILES string of the molecule is O=C(O)C[C@@H](O)C1CC2CCC1C2. The van der Waals surface area contributed by atoms with E-state index >= 15 is 0 Å². The Kier molecular flexibility index (Phi) is 2.28. The van der Waals surface area contributed by atoms with E-state index in [2.05, 4.69) is 0 Å². The Morgan fingerprint density at radius 2 is 2.15 bits per heavy atom. The van der Waals surface area contributed by atoms with Crippen LogP contribution in [0.15, 0.2) is 0 Å². The topological polar surface area (TPSA) is 57.5 Å². The van der Waals surface area contributed by atoms with E-state index in [1.54, 1.807) is 0 Å². The van der Waals surface area contributed by atoms with E-state index in [-0.39, 0.29) is 12.3 Å². The van der Waals surface area contributed by atoms with Gasteiger partial charge in [0.05, 0.1) is 12.5 Å². The van der Waals surface area contributed by atoms with Gasteiger partial charge in [-0.25, -0.2) is 0 Å². The van der Waals surface area contributed by atoms with Gasteiger partial charge in [0.2, 0.25) is 0 Å². The molecule has 2 rings (SSSR count). The first-order valence-electron chi connectivity index (χ1n) is 5.06. The first kappa shape index (κ1) is 9.00. The fourth-order valence-corrected chi connectivity index (χ4v) is 3.10. The zero-order valence-electron chi connectivity index (χ0n) is 7.65. The van der Waals surface area contributed by atoms with Gasteiger partial charge in [0, 0.05) is 0 Å². The van der Waals surface area contributed by atoms with E-state index in [4.69, 9.17) is 5.11 Å². The summed E-state index contributed by atoms with van der Waals surface area (Å²) in [5, 5.41) is 18.2. The van der Waals surface area contributed by atoms with Crippen LogP contribution in [-0.2, 0) is 4.79 Å². The van der Waals surface area contributed by atoms with Crippen molar-refractivity contribution in [2.24, 2.45) is 17.8 Å². The van der Waals surface area contributed by atoms with Crippen LogP contribution in [0.1, 0.15) is 32.1 Å². The number of carboxylic acid groups (broad SMARTS) is 1. The minimum Gasteiger partial charge on any atom is -0.481 e. The van der Waals surface area contributed by atoms with Gasteiger partial charge in [-0.2, -0.15) is 0 Å². The molecule has 3 unspecified atom stereocenters. The Morgan fingerprint density at radius 1 is 1.38 bits per heavy atom. The molecule has 2 saturated carbocycles. The Hall–Kier alpha value is -0.570. The monoisotopic (exact) mass is 184 g/mol. The zero-order valence-corrected chi connectivity index (χ0v) is 7.65. The van der Waals surface area contributed by atoms with Crippen LogP contribution < -0.4 is 0 Å². The van der Waals surface area contributed by atoms with Gasteiger partial charge in [0.25, 0.3) is 0 Å². The lowest BCUT2D eigenvalue weighted by atomic mass is 9.83. The van der Waals surface area contributed by atoms with Crippen LogP contribution in [0, 0.1) is 17.8 Å². The second kappa shape index (κ2) is 3.29. The minimum atomic E-state index is -0.879. The molecule has 2 aliphatic rings. The molecule has 13 heavy (non-hydrogen) atoms. The molecule has 2 fully saturated rings. The number of aliphatic carboxylic acids is 1. The van der Waals surface area contributed by atoms with Crippen LogP contribution in [0.5, 0.6) is 0 Å². The zero-order chi connectivity index (χ0) is 9.42. The van der Waals surface area contributed by atoms with Crippen molar-refractivity contribution in [2.45, 2.75) is 38.2 Å². The molecule has 0 aromatic carbocycles. The van der Waals surface area contributed by atoms with Gasteiger partial charge in [0.1, 0.15) is 0 Å². The number of fused-ring (bicyclic) bond motifs is 2. The summed E-state index contributed by atoms with van der Waals surface area (Å²) < 4.78 is 0. The molecule has 0 aliphatic heterocycles. The molecule has 0 heterocycles. The van der Waals surface area contributed by atoms with E-state index in [9.17, 15) is 9.90 Å². The summed E-state index contributed by atoms with van der Waals surface area (Å²) in [4.78, 5) is 10.4. The highest BCUT2D eigenvalue weighted by Crippen LogP contribution is 2.49. The van der Waals surface area contributed by atoms with Gasteiger partial charge in [-0.3, -0.25) is 4.79 Å². The Bertz CT molecular complexity index is 214. The van der Waals surface area contributed by atoms with Gasteiger partial charge in [-0.05, 0) is 37.0 Å². The predicted molar refractivity (Wildman–Crippen MR) is 47.2 cm³/mol. The Labute approximate surface area is 77.8 Å². The van der Waals surface area contributed by atoms with Crippen LogP contribution in [0.25, 0.3) is 0 Å². The highest BCUT2D eigenvalue weighted by atomic mass is 16.4. The molecule has 0 aromatic heterocycles. The standard InChI is InChI=1S/C10H16O3/c11-9(5-10(12)13)8-4-6-1-2-7(8)3-6/h6-9,11H,1-5H2,(H,12,13)/t6?,7?,8?,9-/m1/s1. The number of hydrogen-bond donors (Lipinski definition) is 2. The maximum Gasteiger partial charge on any atom is 0.305 e. The molecule has 0 saturated heterocycles. The van der Waals surface area contributed by atoms with Gasteiger partial charge >= 0.3 is 5.97 Å². The van der Waals surface area contributed by atoms with E-state index in [1.165, 1.54) is 19.3 Å². The third kappa shape index (κ3) is 1.70. The van der Waals surface area contributed by atoms with Crippen LogP contribution in [0.3, 0.4) is 0 Å². The molecule has 0 spiro atoms. The molecular weight excluding hydrogens is 168 g/mol. The summed E-state index contributed by atoms with van der Waals surface area (Å²) >= 11 is 0. The van der Waals surface area contributed by atoms with E-state index in [0.29, 0.717) is 5.92 Å². The summed E-state index contributed by atoms with van der Waals surface area (Å²) in [5.41, 5.74) is 0. The van der Waals surface area contributed by atoms with Crippen molar-refractivity contribution in [2.75, 3.05) is 0 Å². The maximum atomic E-state index is 10.4. The van der Waals surface area contributed by atoms with Crippen LogP contribution >= 0.6 is 0 Å². The fourth-order valence-electron chi connectivity index (χ4n) is 3.10. The molecule has 0 amide bonds. The third-order valence-corrected chi connectivity index (χ3v) is 3.67. The summed E-state index contributed by atoms with van der Waals surface area (Å²) in [6.07, 6.45) is 4.09. The fraction of sp³-hybridized carbons (Fsp3) is 0.900. The Morgan fingerprint density at radius 3 is 2.62 bits per heavy atom. The lowest BCUT2D eigenvalue weighted by Gasteiger charge is -2.25. The predicted octanol–water partition coefficient (Wildman–Crippen LogP) is 1.26. The number of carboxylic acids is 1. The molecular formula is C10H16O3. The lowest BCUT2D eigenvalue weighted by Crippen LogP contribution is -2.27. The summed E-state index contributed by atoms with van der Waals surface area (Å²) in [7, 11) is 0. The van der Waals surface area contributed by atoms with Crippen molar-refractivity contribution in [3.05, 3.63) is 0 Å². The molecule has 74 valence electrons. The second-order valence-corrected chi connectivity index (χ2v) is 4.50. The minimum absolute atomic E-state index is 0.0755. The molecule has 0 radical (unpaired) electrons. The number of rotatable bonds is 3. The smallest absolute Gasteiger partial charge is 0.305 e. The normalized spacial score (nSPS) is 39.3.